The van der Waals surface area contributed by atoms with Gasteiger partial charge in [0.05, 0.1) is 5.69 Å². The highest BCUT2D eigenvalue weighted by atomic mass is 79.9. The fourth-order valence-corrected chi connectivity index (χ4v) is 3.19. The molecule has 0 amide bonds. The largest absolute Gasteiger partial charge is 0.282 e. The topological polar surface area (TPSA) is 28.7 Å². The minimum atomic E-state index is 0.820. The summed E-state index contributed by atoms with van der Waals surface area (Å²) >= 11 is 3.53. The van der Waals surface area contributed by atoms with Gasteiger partial charge in [-0.25, -0.2) is 0 Å². The highest BCUT2D eigenvalue weighted by Crippen LogP contribution is 2.33. The number of H-pyrrole nitrogens is 1. The molecule has 0 bridgehead atoms. The summed E-state index contributed by atoms with van der Waals surface area (Å²) in [6, 6.07) is 8.40. The van der Waals surface area contributed by atoms with E-state index in [1.54, 1.807) is 0 Å². The van der Waals surface area contributed by atoms with Crippen LogP contribution in [-0.4, -0.2) is 10.2 Å². The first-order valence-electron chi connectivity index (χ1n) is 6.60. The third-order valence-corrected chi connectivity index (χ3v) is 4.42. The average molecular weight is 305 g/mol. The van der Waals surface area contributed by atoms with Crippen LogP contribution in [-0.2, 0) is 12.8 Å². The van der Waals surface area contributed by atoms with E-state index in [-0.39, 0.29) is 0 Å². The molecule has 1 aliphatic carbocycles. The van der Waals surface area contributed by atoms with Gasteiger partial charge < -0.3 is 0 Å². The molecule has 0 saturated carbocycles. The number of nitrogens with zero attached hydrogens (tertiary/aromatic N) is 1. The van der Waals surface area contributed by atoms with Gasteiger partial charge in [0.25, 0.3) is 0 Å². The lowest BCUT2D eigenvalue weighted by molar-refractivity contribution is 0.443. The second-order valence-corrected chi connectivity index (χ2v) is 5.97. The summed E-state index contributed by atoms with van der Waals surface area (Å²) in [6.45, 7) is 2.29. The van der Waals surface area contributed by atoms with Gasteiger partial charge in [-0.2, -0.15) is 5.10 Å². The van der Waals surface area contributed by atoms with Crippen LogP contribution < -0.4 is 0 Å². The molecular weight excluding hydrogens is 288 g/mol. The maximum Gasteiger partial charge on any atom is 0.0955 e. The normalized spacial score (nSPS) is 18.7. The Morgan fingerprint density at radius 3 is 3.11 bits per heavy atom. The fraction of sp³-hybridized carbons (Fsp3) is 0.400. The van der Waals surface area contributed by atoms with E-state index in [4.69, 9.17) is 0 Å². The van der Waals surface area contributed by atoms with Crippen LogP contribution in [0.15, 0.2) is 28.7 Å². The van der Waals surface area contributed by atoms with Crippen LogP contribution in [0.3, 0.4) is 0 Å². The minimum Gasteiger partial charge on any atom is -0.282 e. The lowest BCUT2D eigenvalue weighted by Crippen LogP contribution is -2.12. The Kier molecular flexibility index (Phi) is 3.25. The lowest BCUT2D eigenvalue weighted by atomic mass is 9.84. The lowest BCUT2D eigenvalue weighted by Gasteiger charge is -2.20. The zero-order valence-corrected chi connectivity index (χ0v) is 12.1. The van der Waals surface area contributed by atoms with Crippen molar-refractivity contribution < 1.29 is 0 Å². The van der Waals surface area contributed by atoms with E-state index in [1.165, 1.54) is 36.1 Å². The van der Waals surface area contributed by atoms with Gasteiger partial charge in [0.15, 0.2) is 0 Å². The zero-order valence-electron chi connectivity index (χ0n) is 10.5. The Balaban J connectivity index is 2.02. The van der Waals surface area contributed by atoms with Crippen molar-refractivity contribution in [2.24, 2.45) is 5.92 Å². The summed E-state index contributed by atoms with van der Waals surface area (Å²) in [6.07, 6.45) is 4.88. The van der Waals surface area contributed by atoms with Crippen LogP contribution >= 0.6 is 15.9 Å². The van der Waals surface area contributed by atoms with Crippen LogP contribution in [0, 0.1) is 5.92 Å². The Bertz CT molecular complexity index is 559. The standard InChI is InChI=1S/C15H17BrN2/c1-2-10-6-7-14-13(8-10)15(18-17-14)11-4-3-5-12(16)9-11/h3-5,9-10H,2,6-8H2,1H3,(H,17,18). The quantitative estimate of drug-likeness (QED) is 0.877. The van der Waals surface area contributed by atoms with Gasteiger partial charge in [0, 0.05) is 21.3 Å². The first kappa shape index (κ1) is 12.0. The summed E-state index contributed by atoms with van der Waals surface area (Å²) in [5, 5.41) is 7.76. The summed E-state index contributed by atoms with van der Waals surface area (Å²) in [5.74, 6) is 0.820. The molecule has 1 unspecified atom stereocenters. The average Bonchev–Trinajstić information content (AvgIpc) is 2.81. The third kappa shape index (κ3) is 2.12. The molecule has 18 heavy (non-hydrogen) atoms. The van der Waals surface area contributed by atoms with Crippen molar-refractivity contribution in [2.75, 3.05) is 0 Å². The number of benzene rings is 1. The first-order valence-corrected chi connectivity index (χ1v) is 7.39. The fourth-order valence-electron chi connectivity index (χ4n) is 2.79. The van der Waals surface area contributed by atoms with Crippen LogP contribution in [0.25, 0.3) is 11.3 Å². The van der Waals surface area contributed by atoms with Crippen molar-refractivity contribution >= 4 is 15.9 Å². The zero-order chi connectivity index (χ0) is 12.5. The van der Waals surface area contributed by atoms with E-state index >= 15 is 0 Å². The van der Waals surface area contributed by atoms with E-state index in [2.05, 4.69) is 57.3 Å². The molecule has 1 N–H and O–H groups in total. The Morgan fingerprint density at radius 2 is 2.33 bits per heavy atom. The van der Waals surface area contributed by atoms with E-state index in [9.17, 15) is 0 Å². The van der Waals surface area contributed by atoms with Gasteiger partial charge in [-0.3, -0.25) is 5.10 Å². The second-order valence-electron chi connectivity index (χ2n) is 5.06. The SMILES string of the molecule is CCC1CCc2[nH]nc(-c3cccc(Br)c3)c2C1. The van der Waals surface area contributed by atoms with E-state index in [0.717, 1.165) is 22.5 Å². The number of halogens is 1. The molecule has 3 rings (SSSR count). The number of aromatic amines is 1. The Hall–Kier alpha value is -1.09. The van der Waals surface area contributed by atoms with Gasteiger partial charge in [0.2, 0.25) is 0 Å². The van der Waals surface area contributed by atoms with Gasteiger partial charge in [-0.05, 0) is 37.3 Å². The molecule has 1 atom stereocenters. The Labute approximate surface area is 116 Å². The van der Waals surface area contributed by atoms with E-state index < -0.39 is 0 Å². The maximum atomic E-state index is 4.53. The van der Waals surface area contributed by atoms with E-state index in [0.29, 0.717) is 0 Å². The van der Waals surface area contributed by atoms with Gasteiger partial charge in [0.1, 0.15) is 0 Å². The molecule has 2 aromatic rings. The molecule has 2 nitrogen and oxygen atoms in total. The van der Waals surface area contributed by atoms with Gasteiger partial charge >= 0.3 is 0 Å². The monoisotopic (exact) mass is 304 g/mol. The minimum absolute atomic E-state index is 0.820. The van der Waals surface area contributed by atoms with Crippen molar-refractivity contribution in [2.45, 2.75) is 32.6 Å². The molecule has 1 heterocycles. The third-order valence-electron chi connectivity index (χ3n) is 3.92. The van der Waals surface area contributed by atoms with Crippen LogP contribution in [0.1, 0.15) is 31.0 Å². The highest BCUT2D eigenvalue weighted by molar-refractivity contribution is 9.10. The number of rotatable bonds is 2. The number of hydrogen-bond donors (Lipinski definition) is 1. The summed E-state index contributed by atoms with van der Waals surface area (Å²) < 4.78 is 1.11. The molecule has 1 aliphatic rings. The van der Waals surface area contributed by atoms with Crippen molar-refractivity contribution in [1.29, 1.82) is 0 Å². The van der Waals surface area contributed by atoms with Crippen molar-refractivity contribution in [3.05, 3.63) is 40.0 Å². The summed E-state index contributed by atoms with van der Waals surface area (Å²) in [4.78, 5) is 0. The molecule has 0 saturated heterocycles. The maximum absolute atomic E-state index is 4.53. The number of aromatic nitrogens is 2. The van der Waals surface area contributed by atoms with Crippen LogP contribution in [0.4, 0.5) is 0 Å². The predicted molar refractivity (Wildman–Crippen MR) is 77.5 cm³/mol. The van der Waals surface area contributed by atoms with Crippen molar-refractivity contribution in [3.8, 4) is 11.3 Å². The molecular formula is C15H17BrN2. The smallest absolute Gasteiger partial charge is 0.0955 e. The summed E-state index contributed by atoms with van der Waals surface area (Å²) in [7, 11) is 0. The van der Waals surface area contributed by atoms with Crippen LogP contribution in [0.2, 0.25) is 0 Å². The summed E-state index contributed by atoms with van der Waals surface area (Å²) in [5.41, 5.74) is 5.13. The molecule has 94 valence electrons. The number of aryl methyl sites for hydroxylation is 1. The predicted octanol–water partition coefficient (Wildman–Crippen LogP) is 4.35. The second kappa shape index (κ2) is 4.88. The first-order chi connectivity index (χ1) is 8.78. The highest BCUT2D eigenvalue weighted by Gasteiger charge is 2.23. The molecule has 1 aromatic carbocycles. The van der Waals surface area contributed by atoms with Crippen LogP contribution in [0.5, 0.6) is 0 Å². The molecule has 0 radical (unpaired) electrons. The molecule has 3 heteroatoms. The molecule has 1 aromatic heterocycles. The van der Waals surface area contributed by atoms with E-state index in [1.807, 2.05) is 0 Å². The molecule has 0 fully saturated rings. The molecule has 0 spiro atoms. The number of fused-ring (bicyclic) bond motifs is 1. The van der Waals surface area contributed by atoms with Gasteiger partial charge in [-0.1, -0.05) is 41.4 Å². The van der Waals surface area contributed by atoms with Gasteiger partial charge in [-0.15, -0.1) is 0 Å². The molecule has 0 aliphatic heterocycles. The Morgan fingerprint density at radius 1 is 1.44 bits per heavy atom. The number of nitrogens with one attached hydrogen (secondary N) is 1. The van der Waals surface area contributed by atoms with Crippen molar-refractivity contribution in [3.63, 3.8) is 0 Å². The van der Waals surface area contributed by atoms with Crippen molar-refractivity contribution in [1.82, 2.24) is 10.2 Å². The number of hydrogen-bond acceptors (Lipinski definition) is 1.